The van der Waals surface area contributed by atoms with E-state index in [1.54, 1.807) is 14.0 Å². The smallest absolute Gasteiger partial charge is 0.245 e. The topological polar surface area (TPSA) is 49.4 Å². The van der Waals surface area contributed by atoms with Gasteiger partial charge in [-0.15, -0.1) is 0 Å². The normalized spacial score (nSPS) is 24.1. The molecule has 0 aliphatic carbocycles. The largest absolute Gasteiger partial charge is 0.342 e. The third-order valence-electron chi connectivity index (χ3n) is 3.28. The average molecular weight is 358 g/mol. The molecule has 2 amide bonds. The number of benzene rings is 1. The van der Waals surface area contributed by atoms with Crippen molar-refractivity contribution in [3.05, 3.63) is 33.4 Å². The molecule has 5 heteroatoms. The molecular formula is C13H15IN2O2. The molecule has 1 aromatic rings. The summed E-state index contributed by atoms with van der Waals surface area (Å²) in [7, 11) is 1.67. The Hall–Kier alpha value is -1.11. The molecule has 0 unspecified atom stereocenters. The number of likely N-dealkylation sites (N-methyl/N-ethyl adjacent to an activating group) is 1. The second kappa shape index (κ2) is 5.26. The number of hydrogen-bond donors (Lipinski definition) is 1. The van der Waals surface area contributed by atoms with Crippen LogP contribution in [0, 0.1) is 3.57 Å². The molecule has 2 rings (SSSR count). The van der Waals surface area contributed by atoms with Crippen molar-refractivity contribution < 1.29 is 9.59 Å². The molecule has 1 heterocycles. The molecule has 1 aliphatic rings. The quantitative estimate of drug-likeness (QED) is 0.808. The van der Waals surface area contributed by atoms with Crippen LogP contribution < -0.4 is 5.32 Å². The van der Waals surface area contributed by atoms with Crippen molar-refractivity contribution in [2.45, 2.75) is 25.4 Å². The van der Waals surface area contributed by atoms with E-state index in [0.29, 0.717) is 6.42 Å². The fraction of sp³-hybridized carbons (Fsp3) is 0.385. The highest BCUT2D eigenvalue weighted by Crippen LogP contribution is 2.13. The first-order chi connectivity index (χ1) is 8.49. The molecule has 1 fully saturated rings. The Morgan fingerprint density at radius 3 is 2.50 bits per heavy atom. The van der Waals surface area contributed by atoms with Crippen molar-refractivity contribution in [1.82, 2.24) is 10.2 Å². The SMILES string of the molecule is C[C@H]1C(=O)N[C@@H](Cc2ccc(I)cc2)C(=O)N1C. The second-order valence-electron chi connectivity index (χ2n) is 4.52. The lowest BCUT2D eigenvalue weighted by atomic mass is 10.0. The average Bonchev–Trinajstić information content (AvgIpc) is 2.36. The fourth-order valence-electron chi connectivity index (χ4n) is 1.96. The van der Waals surface area contributed by atoms with E-state index in [1.165, 1.54) is 4.90 Å². The highest BCUT2D eigenvalue weighted by Gasteiger charge is 2.35. The van der Waals surface area contributed by atoms with Gasteiger partial charge in [-0.2, -0.15) is 0 Å². The van der Waals surface area contributed by atoms with Crippen molar-refractivity contribution in [2.24, 2.45) is 0 Å². The van der Waals surface area contributed by atoms with Crippen LogP contribution in [-0.4, -0.2) is 35.8 Å². The molecule has 1 aliphatic heterocycles. The first kappa shape index (κ1) is 13.3. The molecule has 2 atom stereocenters. The van der Waals surface area contributed by atoms with Crippen LogP contribution in [0.15, 0.2) is 24.3 Å². The summed E-state index contributed by atoms with van der Waals surface area (Å²) in [5, 5.41) is 2.78. The number of nitrogens with one attached hydrogen (secondary N) is 1. The molecule has 0 bridgehead atoms. The van der Waals surface area contributed by atoms with Crippen LogP contribution in [-0.2, 0) is 16.0 Å². The third kappa shape index (κ3) is 2.66. The lowest BCUT2D eigenvalue weighted by Crippen LogP contribution is -2.61. The van der Waals surface area contributed by atoms with Gasteiger partial charge in [0, 0.05) is 17.0 Å². The monoisotopic (exact) mass is 358 g/mol. The molecule has 0 aromatic heterocycles. The number of hydrogen-bond acceptors (Lipinski definition) is 2. The Morgan fingerprint density at radius 2 is 1.89 bits per heavy atom. The molecule has 1 aromatic carbocycles. The highest BCUT2D eigenvalue weighted by atomic mass is 127. The molecule has 0 spiro atoms. The number of nitrogens with zero attached hydrogens (tertiary/aromatic N) is 1. The van der Waals surface area contributed by atoms with E-state index in [4.69, 9.17) is 0 Å². The van der Waals surface area contributed by atoms with Crippen molar-refractivity contribution in [3.63, 3.8) is 0 Å². The van der Waals surface area contributed by atoms with Gasteiger partial charge < -0.3 is 10.2 Å². The van der Waals surface area contributed by atoms with Crippen LogP contribution >= 0.6 is 22.6 Å². The van der Waals surface area contributed by atoms with E-state index in [1.807, 2.05) is 24.3 Å². The Labute approximate surface area is 120 Å². The van der Waals surface area contributed by atoms with Gasteiger partial charge in [0.05, 0.1) is 0 Å². The first-order valence-corrected chi connectivity index (χ1v) is 6.88. The van der Waals surface area contributed by atoms with Gasteiger partial charge in [0.25, 0.3) is 0 Å². The van der Waals surface area contributed by atoms with E-state index in [0.717, 1.165) is 9.13 Å². The number of amides is 2. The van der Waals surface area contributed by atoms with E-state index >= 15 is 0 Å². The van der Waals surface area contributed by atoms with Gasteiger partial charge in [0.15, 0.2) is 0 Å². The summed E-state index contributed by atoms with van der Waals surface area (Å²) < 4.78 is 1.15. The van der Waals surface area contributed by atoms with Gasteiger partial charge in [-0.25, -0.2) is 0 Å². The fourth-order valence-corrected chi connectivity index (χ4v) is 2.32. The third-order valence-corrected chi connectivity index (χ3v) is 3.99. The summed E-state index contributed by atoms with van der Waals surface area (Å²) in [6.45, 7) is 1.73. The maximum absolute atomic E-state index is 12.1. The predicted octanol–water partition coefficient (Wildman–Crippen LogP) is 1.18. The minimum Gasteiger partial charge on any atom is -0.342 e. The Bertz CT molecular complexity index is 472. The van der Waals surface area contributed by atoms with Crippen molar-refractivity contribution in [3.8, 4) is 0 Å². The second-order valence-corrected chi connectivity index (χ2v) is 5.76. The highest BCUT2D eigenvalue weighted by molar-refractivity contribution is 14.1. The summed E-state index contributed by atoms with van der Waals surface area (Å²) >= 11 is 2.24. The molecule has 18 heavy (non-hydrogen) atoms. The van der Waals surface area contributed by atoms with Crippen LogP contribution in [0.3, 0.4) is 0 Å². The lowest BCUT2D eigenvalue weighted by Gasteiger charge is -2.34. The van der Waals surface area contributed by atoms with Gasteiger partial charge in [-0.1, -0.05) is 12.1 Å². The van der Waals surface area contributed by atoms with Crippen molar-refractivity contribution in [1.29, 1.82) is 0 Å². The molecule has 1 saturated heterocycles. The first-order valence-electron chi connectivity index (χ1n) is 5.80. The van der Waals surface area contributed by atoms with Gasteiger partial charge in [-0.3, -0.25) is 9.59 Å². The van der Waals surface area contributed by atoms with E-state index < -0.39 is 6.04 Å². The summed E-state index contributed by atoms with van der Waals surface area (Å²) in [5.74, 6) is -0.117. The van der Waals surface area contributed by atoms with E-state index in [2.05, 4.69) is 27.9 Å². The van der Waals surface area contributed by atoms with Crippen molar-refractivity contribution in [2.75, 3.05) is 7.05 Å². The molecule has 0 saturated carbocycles. The van der Waals surface area contributed by atoms with Crippen molar-refractivity contribution >= 4 is 34.4 Å². The van der Waals surface area contributed by atoms with Gasteiger partial charge >= 0.3 is 0 Å². The van der Waals surface area contributed by atoms with Crippen LogP contribution in [0.2, 0.25) is 0 Å². The van der Waals surface area contributed by atoms with E-state index in [9.17, 15) is 9.59 Å². The zero-order valence-electron chi connectivity index (χ0n) is 10.3. The molecule has 0 radical (unpaired) electrons. The van der Waals surface area contributed by atoms with Crippen LogP contribution in [0.1, 0.15) is 12.5 Å². The summed E-state index contributed by atoms with van der Waals surface area (Å²) in [5.41, 5.74) is 1.05. The summed E-state index contributed by atoms with van der Waals surface area (Å²) in [6.07, 6.45) is 0.540. The Balaban J connectivity index is 2.11. The molecule has 96 valence electrons. The zero-order valence-corrected chi connectivity index (χ0v) is 12.5. The Kier molecular flexibility index (Phi) is 3.89. The standard InChI is InChI=1S/C13H15IN2O2/c1-8-12(17)15-11(13(18)16(8)2)7-9-3-5-10(14)6-4-9/h3-6,8,11H,7H2,1-2H3,(H,15,17)/t8-,11-/m0/s1. The van der Waals surface area contributed by atoms with Crippen LogP contribution in [0.5, 0.6) is 0 Å². The lowest BCUT2D eigenvalue weighted by molar-refractivity contribution is -0.146. The molecule has 4 nitrogen and oxygen atoms in total. The number of rotatable bonds is 2. The minimum absolute atomic E-state index is 0.0272. The Morgan fingerprint density at radius 1 is 1.28 bits per heavy atom. The maximum atomic E-state index is 12.1. The number of carbonyl (C=O) groups excluding carboxylic acids is 2. The molecule has 1 N–H and O–H groups in total. The summed E-state index contributed by atoms with van der Waals surface area (Å²) in [4.78, 5) is 25.3. The van der Waals surface area contributed by atoms with Gasteiger partial charge in [0.2, 0.25) is 11.8 Å². The number of halogens is 1. The number of piperazine rings is 1. The minimum atomic E-state index is -0.446. The predicted molar refractivity (Wildman–Crippen MR) is 77.0 cm³/mol. The van der Waals surface area contributed by atoms with Gasteiger partial charge in [-0.05, 0) is 47.2 Å². The van der Waals surface area contributed by atoms with E-state index in [-0.39, 0.29) is 17.9 Å². The van der Waals surface area contributed by atoms with Crippen LogP contribution in [0.4, 0.5) is 0 Å². The maximum Gasteiger partial charge on any atom is 0.245 e. The van der Waals surface area contributed by atoms with Gasteiger partial charge in [0.1, 0.15) is 12.1 Å². The zero-order chi connectivity index (χ0) is 13.3. The molecular weight excluding hydrogens is 343 g/mol. The van der Waals surface area contributed by atoms with Crippen LogP contribution in [0.25, 0.3) is 0 Å². The summed E-state index contributed by atoms with van der Waals surface area (Å²) in [6, 6.07) is 7.14. The number of carbonyl (C=O) groups is 2.